The van der Waals surface area contributed by atoms with Gasteiger partial charge in [0.05, 0.1) is 0 Å². The largest absolute Gasteiger partial charge is 0.398 e. The van der Waals surface area contributed by atoms with Crippen LogP contribution in [0.25, 0.3) is 0 Å². The summed E-state index contributed by atoms with van der Waals surface area (Å²) < 4.78 is 0. The zero-order valence-corrected chi connectivity index (χ0v) is 47.9. The zero-order chi connectivity index (χ0) is 56.3. The monoisotopic (exact) mass is 1070 g/mol. The van der Waals surface area contributed by atoms with E-state index < -0.39 is 0 Å². The van der Waals surface area contributed by atoms with Crippen molar-refractivity contribution in [2.75, 3.05) is 27.4 Å². The number of nitrogen functional groups attached to an aromatic ring is 2. The third-order valence-electron chi connectivity index (χ3n) is 16.6. The number of nitrogens with one attached hydrogen (secondary N) is 3. The Bertz CT molecular complexity index is 3260. The molecular formula is C74H83N5O2. The van der Waals surface area contributed by atoms with Gasteiger partial charge in [0.1, 0.15) is 11.6 Å². The van der Waals surface area contributed by atoms with E-state index in [1.807, 2.05) is 36.4 Å². The van der Waals surface area contributed by atoms with E-state index in [0.717, 1.165) is 86.2 Å². The van der Waals surface area contributed by atoms with Crippen molar-refractivity contribution in [1.29, 1.82) is 0 Å². The van der Waals surface area contributed by atoms with Crippen LogP contribution in [0.4, 0.5) is 28.4 Å². The Balaban J connectivity index is 0.000000124. The van der Waals surface area contributed by atoms with Gasteiger partial charge in [0, 0.05) is 73.8 Å². The lowest BCUT2D eigenvalue weighted by Crippen LogP contribution is -2.15. The molecule has 0 spiro atoms. The standard InChI is InChI=1S/C18H21N.C18H19N.C17H17NO.C11H15N.C10H11NO/c2*1-14-10-11-16-8-5-9-18(17(16)12-14)19-13-15-6-3-2-4-7-15;19-15-10-9-14-7-4-8-17(16(14)11-15)18-12-13-5-2-1-3-6-13;1-8-5-6-9-3-2-4-11(12)10(9)7-8;11-10-3-1-2-7-4-5-8(12)6-9(7)10/h2-9,14,19H,10-13H2,1H3;2-9,19H,1,10-13H2;1-8,18H,9-12H2;2-4,8H,5-7,12H2,1H3;1-3H,4-6,11H2. The molecule has 0 saturated carbocycles. The average Bonchev–Trinajstić information content (AvgIpc) is 3.51. The molecule has 2 unspecified atom stereocenters. The molecule has 0 radical (unpaired) electrons. The lowest BCUT2D eigenvalue weighted by Gasteiger charge is -2.24. The van der Waals surface area contributed by atoms with Crippen molar-refractivity contribution in [3.8, 4) is 0 Å². The van der Waals surface area contributed by atoms with E-state index in [1.165, 1.54) is 122 Å². The van der Waals surface area contributed by atoms with Gasteiger partial charge in [0.15, 0.2) is 0 Å². The number of aryl methyl sites for hydroxylation is 5. The predicted molar refractivity (Wildman–Crippen MR) is 340 cm³/mol. The van der Waals surface area contributed by atoms with Gasteiger partial charge < -0.3 is 27.4 Å². The van der Waals surface area contributed by atoms with Crippen LogP contribution in [0.1, 0.15) is 118 Å². The average molecular weight is 1070 g/mol. The molecule has 8 aromatic carbocycles. The third-order valence-corrected chi connectivity index (χ3v) is 16.6. The fraction of sp³-hybridized carbons (Fsp3) is 0.297. The number of carbonyl (C=O) groups excluding carboxylic acids is 2. The van der Waals surface area contributed by atoms with Crippen molar-refractivity contribution >= 4 is 40.0 Å². The maximum absolute atomic E-state index is 11.6. The fourth-order valence-corrected chi connectivity index (χ4v) is 11.9. The molecule has 0 saturated heterocycles. The van der Waals surface area contributed by atoms with E-state index in [-0.39, 0.29) is 0 Å². The summed E-state index contributed by atoms with van der Waals surface area (Å²) in [7, 11) is 0. The molecule has 0 fully saturated rings. The van der Waals surface area contributed by atoms with E-state index in [2.05, 4.69) is 182 Å². The van der Waals surface area contributed by atoms with Gasteiger partial charge in [0.2, 0.25) is 0 Å². The molecule has 5 aliphatic carbocycles. The normalized spacial score (nSPS) is 16.3. The van der Waals surface area contributed by atoms with E-state index in [4.69, 9.17) is 11.5 Å². The number of hydrogen-bond donors (Lipinski definition) is 5. The Morgan fingerprint density at radius 2 is 0.716 bits per heavy atom. The number of nitrogens with two attached hydrogens (primary N) is 2. The minimum absolute atomic E-state index is 0.306. The van der Waals surface area contributed by atoms with E-state index in [9.17, 15) is 9.59 Å². The van der Waals surface area contributed by atoms with Crippen LogP contribution in [-0.4, -0.2) is 11.6 Å². The van der Waals surface area contributed by atoms with E-state index >= 15 is 0 Å². The van der Waals surface area contributed by atoms with Crippen molar-refractivity contribution in [2.24, 2.45) is 11.8 Å². The maximum Gasteiger partial charge on any atom is 0.137 e. The van der Waals surface area contributed by atoms with Gasteiger partial charge in [-0.3, -0.25) is 9.59 Å². The highest BCUT2D eigenvalue weighted by Crippen LogP contribution is 2.33. The minimum Gasteiger partial charge on any atom is -0.398 e. The zero-order valence-electron chi connectivity index (χ0n) is 47.9. The molecule has 5 aliphatic rings. The first-order chi connectivity index (χ1) is 39.5. The van der Waals surface area contributed by atoms with Crippen molar-refractivity contribution in [3.05, 3.63) is 266 Å². The second kappa shape index (κ2) is 28.8. The van der Waals surface area contributed by atoms with Crippen LogP contribution in [0.5, 0.6) is 0 Å². The number of benzene rings is 8. The van der Waals surface area contributed by atoms with Crippen molar-refractivity contribution in [2.45, 2.75) is 130 Å². The molecule has 416 valence electrons. The molecule has 0 aliphatic heterocycles. The molecule has 13 rings (SSSR count). The first kappa shape index (κ1) is 57.5. The summed E-state index contributed by atoms with van der Waals surface area (Å²) in [6, 6.07) is 63.1. The van der Waals surface area contributed by atoms with E-state index in [1.54, 1.807) is 0 Å². The van der Waals surface area contributed by atoms with Gasteiger partial charge in [-0.15, -0.1) is 0 Å². The van der Waals surface area contributed by atoms with Gasteiger partial charge >= 0.3 is 0 Å². The Morgan fingerprint density at radius 1 is 0.370 bits per heavy atom. The lowest BCUT2D eigenvalue weighted by atomic mass is 9.84. The number of Topliss-reactive ketones (excluding diaryl/α,β-unsaturated/α-hetero) is 2. The van der Waals surface area contributed by atoms with Crippen molar-refractivity contribution < 1.29 is 9.59 Å². The summed E-state index contributed by atoms with van der Waals surface area (Å²) in [5.74, 6) is 2.27. The Hall–Kier alpha value is -8.16. The summed E-state index contributed by atoms with van der Waals surface area (Å²) in [6.45, 7) is 11.4. The summed E-state index contributed by atoms with van der Waals surface area (Å²) in [4.78, 5) is 22.7. The number of ketones is 2. The number of fused-ring (bicyclic) bond motifs is 5. The molecular weight excluding hydrogens is 991 g/mol. The number of carbonyl (C=O) groups is 2. The number of hydrogen-bond acceptors (Lipinski definition) is 7. The lowest BCUT2D eigenvalue weighted by molar-refractivity contribution is -0.119. The van der Waals surface area contributed by atoms with Crippen molar-refractivity contribution in [1.82, 2.24) is 0 Å². The molecule has 0 aromatic heterocycles. The maximum atomic E-state index is 11.6. The molecule has 0 heterocycles. The smallest absolute Gasteiger partial charge is 0.137 e. The first-order valence-corrected chi connectivity index (χ1v) is 29.6. The molecule has 81 heavy (non-hydrogen) atoms. The molecule has 2 atom stereocenters. The van der Waals surface area contributed by atoms with Crippen LogP contribution in [0.3, 0.4) is 0 Å². The second-order valence-corrected chi connectivity index (χ2v) is 22.9. The minimum atomic E-state index is 0.306. The van der Waals surface area contributed by atoms with E-state index in [0.29, 0.717) is 37.2 Å². The SMILES string of the molecule is C=C1CCc2cccc(NCc3ccccc3)c2C1.CC1CCc2cccc(N)c2C1.CC1CCc2cccc(NCc3ccccc3)c2C1.Nc1cccc2c1CC(=O)CC2.O=C1CCc2cccc(NCc3ccccc3)c2C1. The Labute approximate surface area is 482 Å². The summed E-state index contributed by atoms with van der Waals surface area (Å²) in [5, 5.41) is 10.6. The topological polar surface area (TPSA) is 122 Å². The number of allylic oxidation sites excluding steroid dienone is 1. The summed E-state index contributed by atoms with van der Waals surface area (Å²) >= 11 is 0. The second-order valence-electron chi connectivity index (χ2n) is 22.9. The van der Waals surface area contributed by atoms with Crippen LogP contribution in [0, 0.1) is 11.8 Å². The molecule has 7 nitrogen and oxygen atoms in total. The molecule has 7 heteroatoms. The predicted octanol–water partition coefficient (Wildman–Crippen LogP) is 15.8. The van der Waals surface area contributed by atoms with Crippen LogP contribution in [0.15, 0.2) is 194 Å². The highest BCUT2D eigenvalue weighted by atomic mass is 16.1. The van der Waals surface area contributed by atoms with Crippen LogP contribution >= 0.6 is 0 Å². The number of rotatable bonds is 9. The van der Waals surface area contributed by atoms with Gasteiger partial charge in [-0.05, 0) is 185 Å². The molecule has 0 bridgehead atoms. The Morgan fingerprint density at radius 3 is 1.19 bits per heavy atom. The highest BCUT2D eigenvalue weighted by Gasteiger charge is 2.21. The fourth-order valence-electron chi connectivity index (χ4n) is 11.9. The van der Waals surface area contributed by atoms with Gasteiger partial charge in [-0.25, -0.2) is 0 Å². The highest BCUT2D eigenvalue weighted by molar-refractivity contribution is 5.86. The Kier molecular flexibility index (Phi) is 20.5. The molecule has 8 aromatic rings. The van der Waals surface area contributed by atoms with Crippen LogP contribution in [0.2, 0.25) is 0 Å². The quantitative estimate of drug-likeness (QED) is 0.0721. The van der Waals surface area contributed by atoms with Crippen LogP contribution in [-0.2, 0) is 93.4 Å². The van der Waals surface area contributed by atoms with Gasteiger partial charge in [-0.1, -0.05) is 178 Å². The van der Waals surface area contributed by atoms with Gasteiger partial charge in [0.25, 0.3) is 0 Å². The first-order valence-electron chi connectivity index (χ1n) is 29.6. The third kappa shape index (κ3) is 16.5. The molecule has 0 amide bonds. The summed E-state index contributed by atoms with van der Waals surface area (Å²) in [6.07, 6.45) is 15.0. The van der Waals surface area contributed by atoms with Crippen LogP contribution < -0.4 is 27.4 Å². The molecule has 7 N–H and O–H groups in total. The number of anilines is 5. The summed E-state index contributed by atoms with van der Waals surface area (Å²) in [5.41, 5.74) is 36.0. The van der Waals surface area contributed by atoms with Crippen molar-refractivity contribution in [3.63, 3.8) is 0 Å². The van der Waals surface area contributed by atoms with Gasteiger partial charge in [-0.2, -0.15) is 0 Å².